The molecule has 3 aromatic rings. The average molecular weight is 482 g/mol. The standard InChI is InChI=1S/C25H27N3O5S/c29-25(26-16-21-18-32-23-7-3-4-8-24(23)33-21)17-27-11-13-28(14-12-27)34(30,31)22-10-9-19-5-1-2-6-20(19)15-22/h1-10,15,21H,11-14,16-18H2,(H,26,29). The molecule has 1 amide bonds. The molecule has 34 heavy (non-hydrogen) atoms. The number of fused-ring (bicyclic) bond motifs is 2. The van der Waals surface area contributed by atoms with E-state index in [1.165, 1.54) is 4.31 Å². The van der Waals surface area contributed by atoms with Crippen LogP contribution in [0.4, 0.5) is 0 Å². The third-order valence-electron chi connectivity index (χ3n) is 6.15. The summed E-state index contributed by atoms with van der Waals surface area (Å²) in [6, 6.07) is 20.4. The Morgan fingerprint density at radius 1 is 0.912 bits per heavy atom. The van der Waals surface area contributed by atoms with Gasteiger partial charge in [-0.15, -0.1) is 0 Å². The predicted molar refractivity (Wildman–Crippen MR) is 129 cm³/mol. The van der Waals surface area contributed by atoms with E-state index in [1.54, 1.807) is 12.1 Å². The van der Waals surface area contributed by atoms with E-state index < -0.39 is 10.0 Å². The zero-order valence-corrected chi connectivity index (χ0v) is 19.5. The van der Waals surface area contributed by atoms with Crippen LogP contribution >= 0.6 is 0 Å². The van der Waals surface area contributed by atoms with Crippen LogP contribution in [0.1, 0.15) is 0 Å². The monoisotopic (exact) mass is 481 g/mol. The van der Waals surface area contributed by atoms with Crippen molar-refractivity contribution in [2.24, 2.45) is 0 Å². The Hall–Kier alpha value is -3.14. The smallest absolute Gasteiger partial charge is 0.243 e. The third kappa shape index (κ3) is 4.86. The fourth-order valence-corrected chi connectivity index (χ4v) is 5.71. The number of amides is 1. The van der Waals surface area contributed by atoms with E-state index in [4.69, 9.17) is 9.47 Å². The van der Waals surface area contributed by atoms with E-state index in [9.17, 15) is 13.2 Å². The molecule has 8 nitrogen and oxygen atoms in total. The summed E-state index contributed by atoms with van der Waals surface area (Å²) >= 11 is 0. The Morgan fingerprint density at radius 3 is 2.41 bits per heavy atom. The van der Waals surface area contributed by atoms with Crippen molar-refractivity contribution >= 4 is 26.7 Å². The van der Waals surface area contributed by atoms with Crippen molar-refractivity contribution in [2.75, 3.05) is 45.9 Å². The third-order valence-corrected chi connectivity index (χ3v) is 8.05. The van der Waals surface area contributed by atoms with Gasteiger partial charge in [-0.1, -0.05) is 42.5 Å². The molecule has 0 aliphatic carbocycles. The maximum atomic E-state index is 13.1. The zero-order valence-electron chi connectivity index (χ0n) is 18.7. The minimum atomic E-state index is -3.58. The first-order chi connectivity index (χ1) is 16.5. The Bertz CT molecular complexity index is 1290. The van der Waals surface area contributed by atoms with Crippen molar-refractivity contribution < 1.29 is 22.7 Å². The summed E-state index contributed by atoms with van der Waals surface area (Å²) in [6.45, 7) is 2.63. The summed E-state index contributed by atoms with van der Waals surface area (Å²) in [5.41, 5.74) is 0. The molecule has 0 aromatic heterocycles. The first-order valence-electron chi connectivity index (χ1n) is 11.4. The van der Waals surface area contributed by atoms with E-state index in [-0.39, 0.29) is 18.6 Å². The number of hydrogen-bond donors (Lipinski definition) is 1. The van der Waals surface area contributed by atoms with Gasteiger partial charge in [0.1, 0.15) is 12.7 Å². The van der Waals surface area contributed by atoms with Crippen molar-refractivity contribution in [2.45, 2.75) is 11.0 Å². The van der Waals surface area contributed by atoms with Gasteiger partial charge >= 0.3 is 0 Å². The molecule has 2 heterocycles. The van der Waals surface area contributed by atoms with Crippen LogP contribution in [0.2, 0.25) is 0 Å². The van der Waals surface area contributed by atoms with Crippen molar-refractivity contribution in [1.29, 1.82) is 0 Å². The number of benzene rings is 3. The van der Waals surface area contributed by atoms with Crippen molar-refractivity contribution in [3.63, 3.8) is 0 Å². The zero-order chi connectivity index (χ0) is 23.5. The van der Waals surface area contributed by atoms with Gasteiger partial charge < -0.3 is 14.8 Å². The fourth-order valence-electron chi connectivity index (χ4n) is 4.26. The largest absolute Gasteiger partial charge is 0.486 e. The summed E-state index contributed by atoms with van der Waals surface area (Å²) in [5, 5.41) is 4.80. The van der Waals surface area contributed by atoms with E-state index in [2.05, 4.69) is 5.32 Å². The molecule has 5 rings (SSSR count). The van der Waals surface area contributed by atoms with Gasteiger partial charge in [0.05, 0.1) is 18.0 Å². The molecule has 2 aliphatic rings. The lowest BCUT2D eigenvalue weighted by Crippen LogP contribution is -2.51. The lowest BCUT2D eigenvalue weighted by atomic mass is 10.1. The number of nitrogens with one attached hydrogen (secondary N) is 1. The molecule has 1 atom stereocenters. The number of para-hydroxylation sites is 2. The summed E-state index contributed by atoms with van der Waals surface area (Å²) in [7, 11) is -3.58. The molecule has 178 valence electrons. The molecule has 0 spiro atoms. The molecule has 1 saturated heterocycles. The summed E-state index contributed by atoms with van der Waals surface area (Å²) in [6.07, 6.45) is -0.247. The number of carbonyl (C=O) groups excluding carboxylic acids is 1. The van der Waals surface area contributed by atoms with Gasteiger partial charge in [-0.2, -0.15) is 4.31 Å². The van der Waals surface area contributed by atoms with E-state index in [1.807, 2.05) is 59.5 Å². The maximum absolute atomic E-state index is 13.1. The molecule has 1 unspecified atom stereocenters. The molecule has 0 radical (unpaired) electrons. The number of ether oxygens (including phenoxy) is 2. The maximum Gasteiger partial charge on any atom is 0.243 e. The molecule has 0 bridgehead atoms. The van der Waals surface area contributed by atoms with Gasteiger partial charge in [-0.05, 0) is 35.0 Å². The van der Waals surface area contributed by atoms with E-state index in [0.29, 0.717) is 55.7 Å². The Morgan fingerprint density at radius 2 is 1.62 bits per heavy atom. The van der Waals surface area contributed by atoms with Gasteiger partial charge in [0.25, 0.3) is 0 Å². The van der Waals surface area contributed by atoms with Crippen LogP contribution in [-0.2, 0) is 14.8 Å². The highest BCUT2D eigenvalue weighted by atomic mass is 32.2. The Labute approximate surface area is 199 Å². The SMILES string of the molecule is O=C(CN1CCN(S(=O)(=O)c2ccc3ccccc3c2)CC1)NCC1COc2ccccc2O1. The van der Waals surface area contributed by atoms with E-state index >= 15 is 0 Å². The van der Waals surface area contributed by atoms with Crippen LogP contribution in [0.15, 0.2) is 71.6 Å². The normalized spacial score (nSPS) is 19.1. The number of carbonyl (C=O) groups is 1. The van der Waals surface area contributed by atoms with Gasteiger partial charge in [0, 0.05) is 26.2 Å². The van der Waals surface area contributed by atoms with Crippen LogP contribution in [0.25, 0.3) is 10.8 Å². The van der Waals surface area contributed by atoms with Crippen LogP contribution in [-0.4, -0.2) is 75.5 Å². The molecule has 1 N–H and O–H groups in total. The molecule has 3 aromatic carbocycles. The first kappa shape index (κ1) is 22.6. The topological polar surface area (TPSA) is 88.2 Å². The average Bonchev–Trinajstić information content (AvgIpc) is 2.87. The minimum Gasteiger partial charge on any atom is -0.486 e. The molecular formula is C25H27N3O5S. The van der Waals surface area contributed by atoms with Gasteiger partial charge in [-0.25, -0.2) is 8.42 Å². The molecule has 2 aliphatic heterocycles. The van der Waals surface area contributed by atoms with Crippen LogP contribution in [0.3, 0.4) is 0 Å². The Kier molecular flexibility index (Phi) is 6.40. The second-order valence-corrected chi connectivity index (χ2v) is 10.4. The molecular weight excluding hydrogens is 454 g/mol. The minimum absolute atomic E-state index is 0.117. The highest BCUT2D eigenvalue weighted by Crippen LogP contribution is 2.30. The first-order valence-corrected chi connectivity index (χ1v) is 12.8. The van der Waals surface area contributed by atoms with Crippen molar-refractivity contribution in [3.05, 3.63) is 66.7 Å². The number of piperazine rings is 1. The summed E-state index contributed by atoms with van der Waals surface area (Å²) in [4.78, 5) is 14.7. The number of nitrogens with zero attached hydrogens (tertiary/aromatic N) is 2. The summed E-state index contributed by atoms with van der Waals surface area (Å²) < 4.78 is 39.3. The van der Waals surface area contributed by atoms with Crippen LogP contribution < -0.4 is 14.8 Å². The number of hydrogen-bond acceptors (Lipinski definition) is 6. The van der Waals surface area contributed by atoms with Crippen molar-refractivity contribution in [3.8, 4) is 11.5 Å². The molecule has 1 fully saturated rings. The van der Waals surface area contributed by atoms with Crippen LogP contribution in [0, 0.1) is 0 Å². The highest BCUT2D eigenvalue weighted by Gasteiger charge is 2.29. The van der Waals surface area contributed by atoms with E-state index in [0.717, 1.165) is 10.8 Å². The van der Waals surface area contributed by atoms with Gasteiger partial charge in [0.2, 0.25) is 15.9 Å². The highest BCUT2D eigenvalue weighted by molar-refractivity contribution is 7.89. The fraction of sp³-hybridized carbons (Fsp3) is 0.320. The van der Waals surface area contributed by atoms with Crippen LogP contribution in [0.5, 0.6) is 11.5 Å². The lowest BCUT2D eigenvalue weighted by molar-refractivity contribution is -0.123. The Balaban J connectivity index is 1.11. The summed E-state index contributed by atoms with van der Waals surface area (Å²) in [5.74, 6) is 1.27. The predicted octanol–water partition coefficient (Wildman–Crippen LogP) is 2.10. The van der Waals surface area contributed by atoms with Gasteiger partial charge in [0.15, 0.2) is 11.5 Å². The molecule has 0 saturated carbocycles. The quantitative estimate of drug-likeness (QED) is 0.580. The second-order valence-electron chi connectivity index (χ2n) is 8.49. The second kappa shape index (κ2) is 9.61. The van der Waals surface area contributed by atoms with Crippen molar-refractivity contribution in [1.82, 2.24) is 14.5 Å². The number of rotatable bonds is 6. The lowest BCUT2D eigenvalue weighted by Gasteiger charge is -2.33. The molecule has 9 heteroatoms. The number of sulfonamides is 1. The van der Waals surface area contributed by atoms with Gasteiger partial charge in [-0.3, -0.25) is 9.69 Å².